The van der Waals surface area contributed by atoms with E-state index in [0.717, 1.165) is 53.5 Å². The quantitative estimate of drug-likeness (QED) is 0.116. The Kier molecular flexibility index (Phi) is 11.7. The van der Waals surface area contributed by atoms with Gasteiger partial charge in [0.15, 0.2) is 5.75 Å². The van der Waals surface area contributed by atoms with Crippen LogP contribution in [0.4, 0.5) is 23.0 Å². The SMILES string of the molecule is COc1c(NC(=O)c2ccc(C)c(-c3ccc4nc(Nc5c[c]cc(C(=O)NCCN6CCOCC6)c5)ncc4c3)c2)cc(C(C)(C)C)cc1NS(C)(=O)=O. The Morgan fingerprint density at radius 2 is 1.73 bits per heavy atom. The second-order valence-corrected chi connectivity index (χ2v) is 16.3. The number of carbonyl (C=O) groups excluding carboxylic acids is 2. The van der Waals surface area contributed by atoms with E-state index in [-0.39, 0.29) is 28.7 Å². The molecule has 1 saturated heterocycles. The summed E-state index contributed by atoms with van der Waals surface area (Å²) >= 11 is 0. The van der Waals surface area contributed by atoms with Gasteiger partial charge in [-0.15, -0.1) is 0 Å². The number of nitrogens with zero attached hydrogens (tertiary/aromatic N) is 3. The lowest BCUT2D eigenvalue weighted by atomic mass is 9.86. The van der Waals surface area contributed by atoms with Crippen LogP contribution in [-0.2, 0) is 20.2 Å². The average molecular weight is 765 g/mol. The first-order valence-electron chi connectivity index (χ1n) is 17.9. The molecule has 5 aromatic rings. The molecular weight excluding hydrogens is 719 g/mol. The zero-order chi connectivity index (χ0) is 39.3. The highest BCUT2D eigenvalue weighted by Crippen LogP contribution is 2.39. The van der Waals surface area contributed by atoms with E-state index < -0.39 is 10.0 Å². The molecule has 4 aromatic carbocycles. The summed E-state index contributed by atoms with van der Waals surface area (Å²) in [6.45, 7) is 12.4. The van der Waals surface area contributed by atoms with Crippen LogP contribution in [0.2, 0.25) is 0 Å². The first-order valence-corrected chi connectivity index (χ1v) is 19.8. The molecule has 0 aliphatic carbocycles. The molecule has 6 rings (SSSR count). The summed E-state index contributed by atoms with van der Waals surface area (Å²) in [5.41, 5.74) is 5.94. The third kappa shape index (κ3) is 9.95. The first kappa shape index (κ1) is 39.1. The number of aromatic nitrogens is 2. The summed E-state index contributed by atoms with van der Waals surface area (Å²) < 4.78 is 37.8. The van der Waals surface area contributed by atoms with Crippen LogP contribution in [0, 0.1) is 13.0 Å². The number of anilines is 4. The number of morpholine rings is 1. The summed E-state index contributed by atoms with van der Waals surface area (Å²) in [4.78, 5) is 38.0. The standard InChI is InChI=1S/C41H46N7O6S/c1-26-10-11-29(39(50)45-35-23-31(41(2,3)4)24-36(37(35)53-5)47-55(6,51)52)22-33(26)27-12-13-34-30(20-27)25-43-40(46-34)44-32-9-7-8-28(21-32)38(49)42-14-15-48-16-18-54-19-17-48/h8-13,20-25,47H,14-19H2,1-6H3,(H,42,49)(H,45,50)(H,43,44,46). The van der Waals surface area contributed by atoms with Crippen molar-refractivity contribution in [3.8, 4) is 16.9 Å². The molecule has 13 nitrogen and oxygen atoms in total. The van der Waals surface area contributed by atoms with Gasteiger partial charge in [0.05, 0.1) is 43.5 Å². The van der Waals surface area contributed by atoms with E-state index in [1.54, 1.807) is 42.6 Å². The molecule has 0 bridgehead atoms. The minimum absolute atomic E-state index is 0.178. The number of benzene rings is 4. The molecule has 2 amide bonds. The van der Waals surface area contributed by atoms with Crippen LogP contribution in [0.5, 0.6) is 5.75 Å². The van der Waals surface area contributed by atoms with E-state index in [1.165, 1.54) is 7.11 Å². The monoisotopic (exact) mass is 764 g/mol. The Bertz CT molecular complexity index is 2340. The van der Waals surface area contributed by atoms with Crippen molar-refractivity contribution in [2.24, 2.45) is 0 Å². The lowest BCUT2D eigenvalue weighted by Crippen LogP contribution is -2.41. The van der Waals surface area contributed by atoms with Gasteiger partial charge in [0, 0.05) is 54.6 Å². The van der Waals surface area contributed by atoms with Crippen LogP contribution in [0.15, 0.2) is 72.9 Å². The molecule has 0 unspecified atom stereocenters. The number of carbonyl (C=O) groups is 2. The highest BCUT2D eigenvalue weighted by molar-refractivity contribution is 7.92. The molecule has 0 atom stereocenters. The van der Waals surface area contributed by atoms with Crippen molar-refractivity contribution in [1.82, 2.24) is 20.2 Å². The zero-order valence-electron chi connectivity index (χ0n) is 31.9. The number of fused-ring (bicyclic) bond motifs is 1. The van der Waals surface area contributed by atoms with Gasteiger partial charge in [-0.2, -0.15) is 0 Å². The second-order valence-electron chi connectivity index (χ2n) is 14.5. The summed E-state index contributed by atoms with van der Waals surface area (Å²) in [7, 11) is -2.20. The average Bonchev–Trinajstić information content (AvgIpc) is 3.14. The molecule has 55 heavy (non-hydrogen) atoms. The largest absolute Gasteiger partial charge is 0.492 e. The van der Waals surface area contributed by atoms with Crippen LogP contribution in [-0.4, -0.2) is 87.9 Å². The molecule has 1 radical (unpaired) electrons. The number of sulfonamides is 1. The van der Waals surface area contributed by atoms with Crippen LogP contribution >= 0.6 is 0 Å². The fraction of sp³-hybridized carbons (Fsp3) is 0.317. The number of amides is 2. The number of ether oxygens (including phenoxy) is 2. The van der Waals surface area contributed by atoms with Crippen LogP contribution in [0.25, 0.3) is 22.0 Å². The van der Waals surface area contributed by atoms with Gasteiger partial charge in [-0.25, -0.2) is 18.4 Å². The van der Waals surface area contributed by atoms with Crippen molar-refractivity contribution in [2.75, 3.05) is 68.1 Å². The van der Waals surface area contributed by atoms with Crippen molar-refractivity contribution in [3.05, 3.63) is 101 Å². The van der Waals surface area contributed by atoms with Gasteiger partial charge in [0.2, 0.25) is 16.0 Å². The van der Waals surface area contributed by atoms with Crippen molar-refractivity contribution in [2.45, 2.75) is 33.1 Å². The third-order valence-corrected chi connectivity index (χ3v) is 9.81. The number of aryl methyl sites for hydroxylation is 1. The topological polar surface area (TPSA) is 164 Å². The minimum Gasteiger partial charge on any atom is -0.492 e. The third-order valence-electron chi connectivity index (χ3n) is 9.22. The Hall–Kier alpha value is -5.57. The maximum atomic E-state index is 13.7. The van der Waals surface area contributed by atoms with Gasteiger partial charge in [-0.3, -0.25) is 19.2 Å². The summed E-state index contributed by atoms with van der Waals surface area (Å²) in [5.74, 6) is 0.00757. The summed E-state index contributed by atoms with van der Waals surface area (Å²) in [5, 5.41) is 9.91. The van der Waals surface area contributed by atoms with E-state index in [2.05, 4.69) is 36.6 Å². The molecule has 14 heteroatoms. The number of rotatable bonds is 12. The van der Waals surface area contributed by atoms with Crippen LogP contribution in [0.3, 0.4) is 0 Å². The molecule has 287 valence electrons. The highest BCUT2D eigenvalue weighted by Gasteiger charge is 2.23. The van der Waals surface area contributed by atoms with E-state index in [4.69, 9.17) is 14.5 Å². The zero-order valence-corrected chi connectivity index (χ0v) is 32.7. The fourth-order valence-electron chi connectivity index (χ4n) is 6.24. The molecule has 2 heterocycles. The molecule has 1 aliphatic rings. The van der Waals surface area contributed by atoms with Gasteiger partial charge in [-0.05, 0) is 95.3 Å². The van der Waals surface area contributed by atoms with Gasteiger partial charge < -0.3 is 25.4 Å². The normalized spacial score (nSPS) is 13.6. The van der Waals surface area contributed by atoms with Crippen LogP contribution < -0.4 is 25.4 Å². The lowest BCUT2D eigenvalue weighted by Gasteiger charge is -2.26. The molecule has 1 fully saturated rings. The van der Waals surface area contributed by atoms with Crippen molar-refractivity contribution >= 4 is 55.8 Å². The maximum absolute atomic E-state index is 13.7. The van der Waals surface area contributed by atoms with Crippen molar-refractivity contribution < 1.29 is 27.5 Å². The number of hydrogen-bond acceptors (Lipinski definition) is 10. The van der Waals surface area contributed by atoms with Crippen molar-refractivity contribution in [1.29, 1.82) is 0 Å². The smallest absolute Gasteiger partial charge is 0.255 e. The molecule has 1 aliphatic heterocycles. The predicted molar refractivity (Wildman–Crippen MR) is 216 cm³/mol. The Balaban J connectivity index is 1.18. The summed E-state index contributed by atoms with van der Waals surface area (Å²) in [6, 6.07) is 22.9. The maximum Gasteiger partial charge on any atom is 0.255 e. The Morgan fingerprint density at radius 3 is 2.45 bits per heavy atom. The number of nitrogens with one attached hydrogen (secondary N) is 4. The van der Waals surface area contributed by atoms with E-state index in [1.807, 2.05) is 58.0 Å². The van der Waals surface area contributed by atoms with E-state index in [0.29, 0.717) is 53.7 Å². The molecule has 4 N–H and O–H groups in total. The van der Waals surface area contributed by atoms with E-state index >= 15 is 0 Å². The predicted octanol–water partition coefficient (Wildman–Crippen LogP) is 6.14. The van der Waals surface area contributed by atoms with E-state index in [9.17, 15) is 18.0 Å². The molecule has 0 spiro atoms. The molecular formula is C41H46N7O6S. The van der Waals surface area contributed by atoms with Crippen LogP contribution in [0.1, 0.15) is 52.6 Å². The van der Waals surface area contributed by atoms with Gasteiger partial charge in [0.25, 0.3) is 11.8 Å². The van der Waals surface area contributed by atoms with Crippen molar-refractivity contribution in [3.63, 3.8) is 0 Å². The minimum atomic E-state index is -3.63. The molecule has 1 aromatic heterocycles. The highest BCUT2D eigenvalue weighted by atomic mass is 32.2. The second kappa shape index (κ2) is 16.4. The van der Waals surface area contributed by atoms with Gasteiger partial charge >= 0.3 is 0 Å². The van der Waals surface area contributed by atoms with Gasteiger partial charge in [-0.1, -0.05) is 32.9 Å². The first-order chi connectivity index (χ1) is 26.2. The number of hydrogen-bond donors (Lipinski definition) is 4. The lowest BCUT2D eigenvalue weighted by molar-refractivity contribution is 0.0383. The Labute approximate surface area is 321 Å². The fourth-order valence-corrected chi connectivity index (χ4v) is 6.79. The number of methoxy groups -OCH3 is 1. The van der Waals surface area contributed by atoms with Gasteiger partial charge in [0.1, 0.15) is 0 Å². The molecule has 0 saturated carbocycles. The Morgan fingerprint density at radius 1 is 0.964 bits per heavy atom. The summed E-state index contributed by atoms with van der Waals surface area (Å²) in [6.07, 6.45) is 2.79.